The van der Waals surface area contributed by atoms with Gasteiger partial charge in [-0.3, -0.25) is 9.59 Å². The number of esters is 2. The molecule has 0 amide bonds. The molecule has 0 saturated carbocycles. The van der Waals surface area contributed by atoms with E-state index in [-0.39, 0.29) is 25.2 Å². The number of hydrogen-bond acceptors (Lipinski definition) is 5. The molecule has 0 aromatic carbocycles. The van der Waals surface area contributed by atoms with Gasteiger partial charge in [0.2, 0.25) is 0 Å². The number of hydrogen-bond donors (Lipinski definition) is 1. The first kappa shape index (κ1) is 63.5. The Kier molecular flexibility index (Phi) is 53.1. The molecule has 1 N–H and O–H groups in total. The van der Waals surface area contributed by atoms with Crippen LogP contribution in [0, 0.1) is 0 Å². The number of ether oxygens (including phenoxy) is 2. The zero-order valence-electron chi connectivity index (χ0n) is 43.3. The zero-order valence-corrected chi connectivity index (χ0v) is 43.3. The smallest absolute Gasteiger partial charge is 0.306 e. The predicted octanol–water partition coefficient (Wildman–Crippen LogP) is 18.4. The van der Waals surface area contributed by atoms with E-state index in [1.165, 1.54) is 64.2 Å². The maximum atomic E-state index is 12.3. The summed E-state index contributed by atoms with van der Waals surface area (Å²) in [5.74, 6) is -0.672. The van der Waals surface area contributed by atoms with Gasteiger partial charge in [0.15, 0.2) is 6.10 Å². The number of rotatable bonds is 47. The monoisotopic (exact) mass is 935 g/mol. The summed E-state index contributed by atoms with van der Waals surface area (Å²) in [6.07, 6.45) is 87.8. The molecule has 0 bridgehead atoms. The first-order valence-electron chi connectivity index (χ1n) is 27.0. The fourth-order valence-corrected chi connectivity index (χ4v) is 6.84. The van der Waals surface area contributed by atoms with E-state index in [1.54, 1.807) is 0 Å². The van der Waals surface area contributed by atoms with E-state index in [0.29, 0.717) is 19.3 Å². The van der Waals surface area contributed by atoms with Gasteiger partial charge in [0.25, 0.3) is 0 Å². The van der Waals surface area contributed by atoms with E-state index in [4.69, 9.17) is 9.47 Å². The van der Waals surface area contributed by atoms with Crippen molar-refractivity contribution in [3.8, 4) is 0 Å². The minimum Gasteiger partial charge on any atom is -0.462 e. The number of carbonyl (C=O) groups excluding carboxylic acids is 2. The van der Waals surface area contributed by atoms with Gasteiger partial charge < -0.3 is 14.6 Å². The number of carbonyl (C=O) groups is 2. The van der Waals surface area contributed by atoms with Crippen LogP contribution in [-0.4, -0.2) is 36.4 Å². The van der Waals surface area contributed by atoms with Crippen molar-refractivity contribution in [2.45, 2.75) is 213 Å². The van der Waals surface area contributed by atoms with Crippen molar-refractivity contribution in [3.63, 3.8) is 0 Å². The van der Waals surface area contributed by atoms with Crippen LogP contribution in [0.15, 0.2) is 158 Å². The maximum Gasteiger partial charge on any atom is 0.306 e. The largest absolute Gasteiger partial charge is 0.462 e. The molecule has 0 saturated heterocycles. The van der Waals surface area contributed by atoms with Gasteiger partial charge in [-0.25, -0.2) is 0 Å². The predicted molar refractivity (Wildman–Crippen MR) is 297 cm³/mol. The molecule has 1 atom stereocenters. The van der Waals surface area contributed by atoms with Crippen molar-refractivity contribution in [1.82, 2.24) is 0 Å². The quantitative estimate of drug-likeness (QED) is 0.0374. The molecule has 0 heterocycles. The standard InChI is InChI=1S/C63H98O5/c1-3-5-7-9-11-13-15-17-19-21-22-23-24-25-26-27-28-29-30-31-32-33-34-35-36-37-38-39-40-42-44-46-48-50-52-54-56-58-63(66)68-61(59-64)60-67-62(65)57-55-53-51-49-47-45-43-41-20-18-16-14-12-10-8-6-4-2/h5-8,11-14,17-20,22-23,25-26,28-29,31-32,34-35,43,45,49,51,61,64H,3-4,9-10,15-16,21,24,27,30,33,36-42,44,46-48,50,52-60H2,1-2H3/b7-5-,8-6-,13-11-,14-12-,19-17-,20-18-,23-22-,26-25-,29-28-,32-31-,35-34-,45-43-,51-49-. The molecule has 0 spiro atoms. The molecule has 0 rings (SSSR count). The second-order valence-corrected chi connectivity index (χ2v) is 17.2. The van der Waals surface area contributed by atoms with Crippen molar-refractivity contribution >= 4 is 11.9 Å². The van der Waals surface area contributed by atoms with Crippen molar-refractivity contribution in [2.24, 2.45) is 0 Å². The van der Waals surface area contributed by atoms with Gasteiger partial charge >= 0.3 is 11.9 Å². The van der Waals surface area contributed by atoms with E-state index in [0.717, 1.165) is 109 Å². The summed E-state index contributed by atoms with van der Waals surface area (Å²) in [5, 5.41) is 9.62. The molecule has 68 heavy (non-hydrogen) atoms. The van der Waals surface area contributed by atoms with Crippen LogP contribution in [0.4, 0.5) is 0 Å². The van der Waals surface area contributed by atoms with Gasteiger partial charge in [0, 0.05) is 12.8 Å². The number of allylic oxidation sites excluding steroid dienone is 26. The molecule has 0 aromatic heterocycles. The van der Waals surface area contributed by atoms with Crippen molar-refractivity contribution < 1.29 is 24.2 Å². The van der Waals surface area contributed by atoms with Crippen LogP contribution < -0.4 is 0 Å². The Hall–Kier alpha value is -4.48. The molecule has 0 aliphatic rings. The summed E-state index contributed by atoms with van der Waals surface area (Å²) in [7, 11) is 0. The highest BCUT2D eigenvalue weighted by molar-refractivity contribution is 5.70. The maximum absolute atomic E-state index is 12.3. The Morgan fingerprint density at radius 3 is 0.926 bits per heavy atom. The SMILES string of the molecule is CC/C=C\C/C=C\C/C=C\C/C=C\C/C=C\C/C=C\C/C=C\C/C=C\CCCCCCCCCCCCCCC(=O)OC(CO)COC(=O)CCC/C=C\C/C=C\C/C=C\C/C=C\C/C=C\CC. The molecule has 0 radical (unpaired) electrons. The Morgan fingerprint density at radius 1 is 0.338 bits per heavy atom. The van der Waals surface area contributed by atoms with Gasteiger partial charge in [0.1, 0.15) is 6.61 Å². The summed E-state index contributed by atoms with van der Waals surface area (Å²) in [6.45, 7) is 3.85. The lowest BCUT2D eigenvalue weighted by atomic mass is 10.0. The molecule has 1 unspecified atom stereocenters. The van der Waals surface area contributed by atoms with Crippen LogP contribution in [-0.2, 0) is 19.1 Å². The molecular weight excluding hydrogens is 837 g/mol. The average Bonchev–Trinajstić information content (AvgIpc) is 3.34. The first-order chi connectivity index (χ1) is 33.6. The topological polar surface area (TPSA) is 72.8 Å². The molecule has 0 aliphatic heterocycles. The van der Waals surface area contributed by atoms with Gasteiger partial charge in [0.05, 0.1) is 6.61 Å². The van der Waals surface area contributed by atoms with Gasteiger partial charge in [-0.15, -0.1) is 0 Å². The summed E-state index contributed by atoms with van der Waals surface area (Å²) in [6, 6.07) is 0. The highest BCUT2D eigenvalue weighted by atomic mass is 16.6. The lowest BCUT2D eigenvalue weighted by molar-refractivity contribution is -0.161. The molecule has 0 aromatic rings. The van der Waals surface area contributed by atoms with Crippen LogP contribution in [0.5, 0.6) is 0 Å². The van der Waals surface area contributed by atoms with E-state index < -0.39 is 6.10 Å². The second kappa shape index (κ2) is 56.8. The van der Waals surface area contributed by atoms with Gasteiger partial charge in [-0.2, -0.15) is 0 Å². The summed E-state index contributed by atoms with van der Waals surface area (Å²) < 4.78 is 10.6. The Labute approximate surface area is 418 Å². The van der Waals surface area contributed by atoms with Gasteiger partial charge in [-0.05, 0) is 116 Å². The van der Waals surface area contributed by atoms with Crippen LogP contribution in [0.25, 0.3) is 0 Å². The van der Waals surface area contributed by atoms with Crippen LogP contribution in [0.1, 0.15) is 206 Å². The summed E-state index contributed by atoms with van der Waals surface area (Å²) >= 11 is 0. The normalized spacial score (nSPS) is 13.5. The molecule has 5 nitrogen and oxygen atoms in total. The lowest BCUT2D eigenvalue weighted by Gasteiger charge is -2.15. The van der Waals surface area contributed by atoms with E-state index in [1.807, 2.05) is 0 Å². The fraction of sp³-hybridized carbons (Fsp3) is 0.556. The first-order valence-corrected chi connectivity index (χ1v) is 27.0. The number of aliphatic hydroxyl groups is 1. The molecule has 0 fully saturated rings. The van der Waals surface area contributed by atoms with Crippen molar-refractivity contribution in [1.29, 1.82) is 0 Å². The highest BCUT2D eigenvalue weighted by Gasteiger charge is 2.16. The summed E-state index contributed by atoms with van der Waals surface area (Å²) in [5.41, 5.74) is 0. The molecule has 380 valence electrons. The third-order valence-corrected chi connectivity index (χ3v) is 10.8. The second-order valence-electron chi connectivity index (χ2n) is 17.2. The Balaban J connectivity index is 3.61. The fourth-order valence-electron chi connectivity index (χ4n) is 6.84. The highest BCUT2D eigenvalue weighted by Crippen LogP contribution is 2.14. The third-order valence-electron chi connectivity index (χ3n) is 10.8. The molecule has 0 aliphatic carbocycles. The van der Waals surface area contributed by atoms with Crippen LogP contribution >= 0.6 is 0 Å². The van der Waals surface area contributed by atoms with Crippen LogP contribution in [0.3, 0.4) is 0 Å². The Bertz CT molecular complexity index is 1520. The number of unbranched alkanes of at least 4 members (excludes halogenated alkanes) is 13. The van der Waals surface area contributed by atoms with Crippen molar-refractivity contribution in [3.05, 3.63) is 158 Å². The molecular formula is C63H98O5. The lowest BCUT2D eigenvalue weighted by Crippen LogP contribution is -2.28. The van der Waals surface area contributed by atoms with Crippen molar-refractivity contribution in [2.75, 3.05) is 13.2 Å². The van der Waals surface area contributed by atoms with Crippen LogP contribution in [0.2, 0.25) is 0 Å². The van der Waals surface area contributed by atoms with E-state index in [2.05, 4.69) is 172 Å². The Morgan fingerprint density at radius 2 is 0.603 bits per heavy atom. The molecule has 5 heteroatoms. The minimum atomic E-state index is -0.808. The summed E-state index contributed by atoms with van der Waals surface area (Å²) in [4.78, 5) is 24.4. The zero-order chi connectivity index (χ0) is 49.2. The minimum absolute atomic E-state index is 0.105. The third kappa shape index (κ3) is 54.1. The average molecular weight is 935 g/mol. The van der Waals surface area contributed by atoms with E-state index in [9.17, 15) is 14.7 Å². The van der Waals surface area contributed by atoms with Gasteiger partial charge in [-0.1, -0.05) is 236 Å². The number of aliphatic hydroxyl groups excluding tert-OH is 1. The van der Waals surface area contributed by atoms with E-state index >= 15 is 0 Å².